The highest BCUT2D eigenvalue weighted by Crippen LogP contribution is 2.57. The molecule has 66 valence electrons. The molecule has 0 spiro atoms. The maximum Gasteiger partial charge on any atom is 0.143 e. The molecule has 2 heteroatoms. The Bertz CT molecular complexity index is 249. The van der Waals surface area contributed by atoms with Crippen molar-refractivity contribution in [3.63, 3.8) is 0 Å². The van der Waals surface area contributed by atoms with Crippen LogP contribution in [0.4, 0.5) is 0 Å². The van der Waals surface area contributed by atoms with E-state index >= 15 is 0 Å². The molecule has 1 fully saturated rings. The molecule has 0 bridgehead atoms. The van der Waals surface area contributed by atoms with E-state index in [-0.39, 0.29) is 17.5 Å². The molecule has 0 heterocycles. The molecule has 12 heavy (non-hydrogen) atoms. The van der Waals surface area contributed by atoms with Crippen molar-refractivity contribution in [1.29, 1.82) is 0 Å². The minimum atomic E-state index is -0.689. The van der Waals surface area contributed by atoms with Gasteiger partial charge in [-0.25, -0.2) is 0 Å². The number of carbonyl (C=O) groups is 2. The van der Waals surface area contributed by atoms with Crippen LogP contribution in [0.15, 0.2) is 12.2 Å². The quantitative estimate of drug-likeness (QED) is 0.473. The SMILES string of the molecule is C=C(C)C1CC1(C(C)=O)C(C)=O. The smallest absolute Gasteiger partial charge is 0.143 e. The highest BCUT2D eigenvalue weighted by atomic mass is 16.2. The largest absolute Gasteiger partial charge is 0.299 e. The Morgan fingerprint density at radius 1 is 1.25 bits per heavy atom. The number of rotatable bonds is 3. The fraction of sp³-hybridized carbons (Fsp3) is 0.600. The fourth-order valence-electron chi connectivity index (χ4n) is 1.88. The van der Waals surface area contributed by atoms with Gasteiger partial charge in [-0.3, -0.25) is 9.59 Å². The van der Waals surface area contributed by atoms with Gasteiger partial charge in [0.05, 0.1) is 5.41 Å². The Kier molecular flexibility index (Phi) is 1.94. The Hall–Kier alpha value is -0.920. The molecule has 0 N–H and O–H groups in total. The third kappa shape index (κ3) is 1.02. The van der Waals surface area contributed by atoms with E-state index in [4.69, 9.17) is 0 Å². The second-order valence-corrected chi connectivity index (χ2v) is 3.69. The van der Waals surface area contributed by atoms with Crippen LogP contribution in [0.1, 0.15) is 27.2 Å². The second kappa shape index (κ2) is 2.54. The Labute approximate surface area is 72.7 Å². The van der Waals surface area contributed by atoms with E-state index in [9.17, 15) is 9.59 Å². The van der Waals surface area contributed by atoms with Crippen molar-refractivity contribution >= 4 is 11.6 Å². The van der Waals surface area contributed by atoms with Gasteiger partial charge in [0.25, 0.3) is 0 Å². The van der Waals surface area contributed by atoms with Gasteiger partial charge in [-0.2, -0.15) is 0 Å². The molecule has 1 aliphatic carbocycles. The average molecular weight is 166 g/mol. The molecule has 0 aromatic heterocycles. The zero-order chi connectivity index (χ0) is 9.52. The molecule has 0 aliphatic heterocycles. The Balaban J connectivity index is 2.90. The number of hydrogen-bond acceptors (Lipinski definition) is 2. The van der Waals surface area contributed by atoms with Crippen molar-refractivity contribution in [3.05, 3.63) is 12.2 Å². The average Bonchev–Trinajstić information content (AvgIpc) is 2.60. The second-order valence-electron chi connectivity index (χ2n) is 3.69. The minimum Gasteiger partial charge on any atom is -0.299 e. The number of hydrogen-bond donors (Lipinski definition) is 0. The van der Waals surface area contributed by atoms with Crippen LogP contribution in [0.2, 0.25) is 0 Å². The standard InChI is InChI=1S/C10H14O2/c1-6(2)9-5-10(9,7(3)11)8(4)12/h9H,1,5H2,2-4H3. The number of ketones is 2. The first-order chi connectivity index (χ1) is 5.43. The van der Waals surface area contributed by atoms with Gasteiger partial charge in [0, 0.05) is 5.92 Å². The lowest BCUT2D eigenvalue weighted by Gasteiger charge is -2.08. The lowest BCUT2D eigenvalue weighted by atomic mass is 9.92. The van der Waals surface area contributed by atoms with Crippen LogP contribution in [-0.4, -0.2) is 11.6 Å². The zero-order valence-electron chi connectivity index (χ0n) is 7.81. The monoisotopic (exact) mass is 166 g/mol. The molecule has 1 aliphatic rings. The minimum absolute atomic E-state index is 0.0111. The van der Waals surface area contributed by atoms with E-state index in [1.165, 1.54) is 13.8 Å². The van der Waals surface area contributed by atoms with Crippen LogP contribution in [0.3, 0.4) is 0 Å². The first-order valence-corrected chi connectivity index (χ1v) is 4.10. The van der Waals surface area contributed by atoms with Crippen LogP contribution in [0.5, 0.6) is 0 Å². The molecule has 0 saturated heterocycles. The summed E-state index contributed by atoms with van der Waals surface area (Å²) in [6.45, 7) is 8.63. The van der Waals surface area contributed by atoms with Gasteiger partial charge < -0.3 is 0 Å². The summed E-state index contributed by atoms with van der Waals surface area (Å²) in [7, 11) is 0. The lowest BCUT2D eigenvalue weighted by molar-refractivity contribution is -0.132. The van der Waals surface area contributed by atoms with Crippen molar-refractivity contribution in [1.82, 2.24) is 0 Å². The van der Waals surface area contributed by atoms with Gasteiger partial charge in [-0.1, -0.05) is 12.2 Å². The van der Waals surface area contributed by atoms with Gasteiger partial charge in [0.1, 0.15) is 11.6 Å². The van der Waals surface area contributed by atoms with Gasteiger partial charge in [-0.15, -0.1) is 0 Å². The van der Waals surface area contributed by atoms with Gasteiger partial charge in [-0.05, 0) is 27.2 Å². The zero-order valence-corrected chi connectivity index (χ0v) is 7.81. The van der Waals surface area contributed by atoms with Crippen molar-refractivity contribution in [2.75, 3.05) is 0 Å². The molecule has 0 radical (unpaired) electrons. The molecule has 0 aromatic rings. The molecular weight excluding hydrogens is 152 g/mol. The summed E-state index contributed by atoms with van der Waals surface area (Å²) in [6.07, 6.45) is 0.674. The van der Waals surface area contributed by atoms with E-state index in [0.29, 0.717) is 6.42 Å². The van der Waals surface area contributed by atoms with Gasteiger partial charge in [0.15, 0.2) is 0 Å². The number of carbonyl (C=O) groups excluding carboxylic acids is 2. The van der Waals surface area contributed by atoms with E-state index < -0.39 is 5.41 Å². The first-order valence-electron chi connectivity index (χ1n) is 4.10. The van der Waals surface area contributed by atoms with Crippen molar-refractivity contribution in [2.24, 2.45) is 11.3 Å². The van der Waals surface area contributed by atoms with Crippen LogP contribution >= 0.6 is 0 Å². The molecular formula is C10H14O2. The molecule has 2 nitrogen and oxygen atoms in total. The lowest BCUT2D eigenvalue weighted by Crippen LogP contribution is -2.23. The molecule has 1 unspecified atom stereocenters. The molecule has 0 amide bonds. The maximum absolute atomic E-state index is 11.2. The van der Waals surface area contributed by atoms with E-state index in [1.54, 1.807) is 0 Å². The van der Waals surface area contributed by atoms with Crippen LogP contribution in [-0.2, 0) is 9.59 Å². The first kappa shape index (κ1) is 9.17. The Morgan fingerprint density at radius 3 is 1.75 bits per heavy atom. The highest BCUT2D eigenvalue weighted by Gasteiger charge is 2.61. The van der Waals surface area contributed by atoms with E-state index in [0.717, 1.165) is 5.57 Å². The van der Waals surface area contributed by atoms with Crippen molar-refractivity contribution in [2.45, 2.75) is 27.2 Å². The van der Waals surface area contributed by atoms with Gasteiger partial charge >= 0.3 is 0 Å². The molecule has 1 rings (SSSR count). The van der Waals surface area contributed by atoms with Crippen LogP contribution in [0.25, 0.3) is 0 Å². The third-order valence-corrected chi connectivity index (χ3v) is 2.81. The maximum atomic E-state index is 11.2. The van der Waals surface area contributed by atoms with Gasteiger partial charge in [0.2, 0.25) is 0 Å². The summed E-state index contributed by atoms with van der Waals surface area (Å²) < 4.78 is 0. The van der Waals surface area contributed by atoms with Crippen molar-refractivity contribution in [3.8, 4) is 0 Å². The predicted octanol–water partition coefficient (Wildman–Crippen LogP) is 1.75. The summed E-state index contributed by atoms with van der Waals surface area (Å²) in [4.78, 5) is 22.4. The summed E-state index contributed by atoms with van der Waals surface area (Å²) in [6, 6.07) is 0. The van der Waals surface area contributed by atoms with E-state index in [1.807, 2.05) is 6.92 Å². The van der Waals surface area contributed by atoms with Crippen molar-refractivity contribution < 1.29 is 9.59 Å². The van der Waals surface area contributed by atoms with Crippen LogP contribution < -0.4 is 0 Å². The normalized spacial score (nSPS) is 24.8. The number of Topliss-reactive ketones (excluding diaryl/α,β-unsaturated/α-hetero) is 2. The molecule has 1 atom stereocenters. The molecule has 0 aromatic carbocycles. The predicted molar refractivity (Wildman–Crippen MR) is 46.7 cm³/mol. The van der Waals surface area contributed by atoms with E-state index in [2.05, 4.69) is 6.58 Å². The summed E-state index contributed by atoms with van der Waals surface area (Å²) in [5.74, 6) is 0.0819. The topological polar surface area (TPSA) is 34.1 Å². The third-order valence-electron chi connectivity index (χ3n) is 2.81. The Morgan fingerprint density at radius 2 is 1.67 bits per heavy atom. The summed E-state index contributed by atoms with van der Waals surface area (Å²) in [5.41, 5.74) is 0.256. The molecule has 1 saturated carbocycles. The van der Waals surface area contributed by atoms with Crippen LogP contribution in [0, 0.1) is 11.3 Å². The summed E-state index contributed by atoms with van der Waals surface area (Å²) >= 11 is 0. The number of allylic oxidation sites excluding steroid dienone is 1. The fourth-order valence-corrected chi connectivity index (χ4v) is 1.88. The highest BCUT2D eigenvalue weighted by molar-refractivity contribution is 6.09. The summed E-state index contributed by atoms with van der Waals surface area (Å²) in [5, 5.41) is 0.